The first-order valence-corrected chi connectivity index (χ1v) is 16.1. The Morgan fingerprint density at radius 1 is 1.08 bits per heavy atom. The number of guanidine groups is 1. The average Bonchev–Trinajstić information content (AvgIpc) is 3.26. The van der Waals surface area contributed by atoms with Crippen molar-refractivity contribution in [3.8, 4) is 0 Å². The van der Waals surface area contributed by atoms with Gasteiger partial charge >= 0.3 is 10.2 Å². The second-order valence-corrected chi connectivity index (χ2v) is 13.6. The van der Waals surface area contributed by atoms with Gasteiger partial charge in [0, 0.05) is 59.2 Å². The molecule has 2 aromatic rings. The summed E-state index contributed by atoms with van der Waals surface area (Å²) in [6, 6.07) is 6.00. The van der Waals surface area contributed by atoms with Gasteiger partial charge in [0.05, 0.1) is 5.69 Å². The van der Waals surface area contributed by atoms with E-state index in [9.17, 15) is 13.2 Å². The molecule has 0 bridgehead atoms. The third kappa shape index (κ3) is 6.53. The molecule has 39 heavy (non-hydrogen) atoms. The molecule has 1 aliphatic carbocycles. The fraction of sp³-hybridized carbons (Fsp3) is 0.500. The number of benzene rings is 1. The van der Waals surface area contributed by atoms with Gasteiger partial charge in [-0.25, -0.2) is 5.14 Å². The van der Waals surface area contributed by atoms with E-state index < -0.39 is 10.2 Å². The summed E-state index contributed by atoms with van der Waals surface area (Å²) in [5.74, 6) is 0.384. The third-order valence-electron chi connectivity index (χ3n) is 8.07. The summed E-state index contributed by atoms with van der Waals surface area (Å²) in [5, 5.41) is 6.28. The molecule has 2 unspecified atom stereocenters. The molecule has 3 aliphatic rings. The number of carbonyl (C=O) groups is 1. The summed E-state index contributed by atoms with van der Waals surface area (Å²) in [7, 11) is -4.06. The van der Waals surface area contributed by atoms with Crippen LogP contribution >= 0.6 is 39.1 Å². The van der Waals surface area contributed by atoms with Crippen LogP contribution in [0.4, 0.5) is 0 Å². The summed E-state index contributed by atoms with van der Waals surface area (Å²) < 4.78 is 26.7. The topological polar surface area (TPSA) is 135 Å². The van der Waals surface area contributed by atoms with Crippen LogP contribution in [-0.4, -0.2) is 61.2 Å². The van der Waals surface area contributed by atoms with Crippen LogP contribution in [0, 0.1) is 11.8 Å². The lowest BCUT2D eigenvalue weighted by molar-refractivity contribution is -0.133. The van der Waals surface area contributed by atoms with E-state index in [4.69, 9.17) is 39.1 Å². The van der Waals surface area contributed by atoms with E-state index in [1.54, 1.807) is 4.90 Å². The lowest BCUT2D eigenvalue weighted by Crippen LogP contribution is -2.41. The first-order chi connectivity index (χ1) is 18.5. The van der Waals surface area contributed by atoms with Crippen LogP contribution in [0.25, 0.3) is 0 Å². The normalized spacial score (nSPS) is 22.4. The minimum absolute atomic E-state index is 0.0390. The van der Waals surface area contributed by atoms with E-state index in [0.717, 1.165) is 47.8 Å². The van der Waals surface area contributed by atoms with E-state index in [2.05, 4.69) is 26.4 Å². The SMILES string of the molecule is NC(=NS(N)(=O)=O)N1CCC(CC(=O)N2CCC(C3c4ncc(Br)cc4CCc4cc(Cl)cc(Cl)c43)CC2)C1. The molecule has 3 heterocycles. The van der Waals surface area contributed by atoms with Gasteiger partial charge in [-0.2, -0.15) is 8.42 Å². The molecule has 1 amide bonds. The Kier molecular flexibility index (Phi) is 8.45. The number of aryl methyl sites for hydroxylation is 2. The third-order valence-corrected chi connectivity index (χ3v) is 9.48. The van der Waals surface area contributed by atoms with Crippen LogP contribution in [0.15, 0.2) is 33.3 Å². The van der Waals surface area contributed by atoms with Crippen LogP contribution in [0.3, 0.4) is 0 Å². The van der Waals surface area contributed by atoms with E-state index in [1.807, 2.05) is 23.2 Å². The summed E-state index contributed by atoms with van der Waals surface area (Å²) in [5.41, 5.74) is 10.4. The quantitative estimate of drug-likeness (QED) is 0.379. The Bertz CT molecular complexity index is 1410. The van der Waals surface area contributed by atoms with Gasteiger partial charge in [0.1, 0.15) is 0 Å². The van der Waals surface area contributed by atoms with Gasteiger partial charge < -0.3 is 15.5 Å². The van der Waals surface area contributed by atoms with Gasteiger partial charge in [-0.3, -0.25) is 9.78 Å². The smallest absolute Gasteiger partial charge is 0.320 e. The van der Waals surface area contributed by atoms with Crippen molar-refractivity contribution >= 4 is 61.2 Å². The number of amides is 1. The molecule has 0 spiro atoms. The Balaban J connectivity index is 1.28. The molecule has 4 N–H and O–H groups in total. The molecular formula is C26H31BrCl2N6O3S. The van der Waals surface area contributed by atoms with Crippen molar-refractivity contribution in [2.45, 2.75) is 44.4 Å². The molecule has 0 saturated carbocycles. The van der Waals surface area contributed by atoms with Crippen LogP contribution in [0.5, 0.6) is 0 Å². The Hall–Kier alpha value is -1.92. The number of rotatable bonds is 4. The van der Waals surface area contributed by atoms with E-state index in [0.29, 0.717) is 42.6 Å². The molecule has 2 saturated heterocycles. The number of nitrogens with two attached hydrogens (primary N) is 2. The van der Waals surface area contributed by atoms with Gasteiger partial charge in [0.2, 0.25) is 11.9 Å². The van der Waals surface area contributed by atoms with Crippen molar-refractivity contribution in [2.75, 3.05) is 26.2 Å². The highest BCUT2D eigenvalue weighted by molar-refractivity contribution is 9.10. The molecule has 13 heteroatoms. The zero-order valence-electron chi connectivity index (χ0n) is 21.3. The second kappa shape index (κ2) is 11.5. The number of carbonyl (C=O) groups excluding carboxylic acids is 1. The van der Waals surface area contributed by atoms with Gasteiger partial charge in [-0.1, -0.05) is 23.2 Å². The molecule has 210 valence electrons. The number of likely N-dealkylation sites (tertiary alicyclic amines) is 2. The predicted octanol–water partition coefficient (Wildman–Crippen LogP) is 3.85. The predicted molar refractivity (Wildman–Crippen MR) is 156 cm³/mol. The minimum Gasteiger partial charge on any atom is -0.369 e. The molecule has 1 aromatic heterocycles. The van der Waals surface area contributed by atoms with Crippen molar-refractivity contribution in [3.63, 3.8) is 0 Å². The van der Waals surface area contributed by atoms with E-state index >= 15 is 0 Å². The van der Waals surface area contributed by atoms with Crippen molar-refractivity contribution in [1.82, 2.24) is 14.8 Å². The number of fused-ring (bicyclic) bond motifs is 2. The van der Waals surface area contributed by atoms with Crippen molar-refractivity contribution in [3.05, 3.63) is 61.3 Å². The molecular weight excluding hydrogens is 627 g/mol. The molecule has 2 atom stereocenters. The number of hydrogen-bond acceptors (Lipinski definition) is 4. The summed E-state index contributed by atoms with van der Waals surface area (Å²) >= 11 is 16.8. The first-order valence-electron chi connectivity index (χ1n) is 13.0. The zero-order chi connectivity index (χ0) is 27.9. The highest BCUT2D eigenvalue weighted by atomic mass is 79.9. The van der Waals surface area contributed by atoms with Crippen LogP contribution in [0.2, 0.25) is 10.0 Å². The van der Waals surface area contributed by atoms with Crippen molar-refractivity contribution in [1.29, 1.82) is 0 Å². The van der Waals surface area contributed by atoms with Gasteiger partial charge in [-0.15, -0.1) is 4.40 Å². The maximum atomic E-state index is 13.2. The lowest BCUT2D eigenvalue weighted by atomic mass is 9.76. The fourth-order valence-corrected chi connectivity index (χ4v) is 7.69. The Morgan fingerprint density at radius 2 is 1.77 bits per heavy atom. The first kappa shape index (κ1) is 28.6. The summed E-state index contributed by atoms with van der Waals surface area (Å²) in [6.45, 7) is 2.35. The molecule has 1 aromatic carbocycles. The number of aromatic nitrogens is 1. The highest BCUT2D eigenvalue weighted by Crippen LogP contribution is 2.46. The van der Waals surface area contributed by atoms with Crippen molar-refractivity contribution < 1.29 is 13.2 Å². The second-order valence-electron chi connectivity index (χ2n) is 10.6. The summed E-state index contributed by atoms with van der Waals surface area (Å²) in [6.07, 6.45) is 6.38. The monoisotopic (exact) mass is 656 g/mol. The van der Waals surface area contributed by atoms with Gasteiger partial charge in [0.15, 0.2) is 0 Å². The van der Waals surface area contributed by atoms with Crippen LogP contribution < -0.4 is 10.9 Å². The number of pyridine rings is 1. The zero-order valence-corrected chi connectivity index (χ0v) is 25.2. The number of halogens is 3. The molecule has 2 aliphatic heterocycles. The Labute approximate surface area is 247 Å². The Morgan fingerprint density at radius 3 is 2.49 bits per heavy atom. The number of hydrogen-bond donors (Lipinski definition) is 2. The van der Waals surface area contributed by atoms with Crippen molar-refractivity contribution in [2.24, 2.45) is 27.1 Å². The molecule has 2 fully saturated rings. The maximum Gasteiger partial charge on any atom is 0.320 e. The van der Waals surface area contributed by atoms with E-state index in [1.165, 1.54) is 11.1 Å². The molecule has 0 radical (unpaired) electrons. The van der Waals surface area contributed by atoms with Gasteiger partial charge in [0.25, 0.3) is 0 Å². The van der Waals surface area contributed by atoms with Crippen LogP contribution in [0.1, 0.15) is 54.0 Å². The standard InChI is InChI=1S/C26H31BrCl2N6O3S/c27-19-10-18-2-1-17-11-20(28)12-21(29)23(17)24(25(18)32-13-19)16-4-7-34(8-5-16)22(36)9-15-3-6-35(14-15)26(30)33-39(31,37)38/h10-13,15-16,24H,1-9,14H2,(H2,30,33)(H2,31,37,38). The van der Waals surface area contributed by atoms with Crippen LogP contribution in [-0.2, 0) is 27.8 Å². The number of nitrogens with zero attached hydrogens (tertiary/aromatic N) is 4. The fourth-order valence-electron chi connectivity index (χ4n) is 6.28. The maximum absolute atomic E-state index is 13.2. The van der Waals surface area contributed by atoms with Gasteiger partial charge in [-0.05, 0) is 94.8 Å². The highest BCUT2D eigenvalue weighted by Gasteiger charge is 2.37. The number of piperidine rings is 1. The van der Waals surface area contributed by atoms with E-state index in [-0.39, 0.29) is 29.6 Å². The molecule has 5 rings (SSSR count). The molecule has 9 nitrogen and oxygen atoms in total. The largest absolute Gasteiger partial charge is 0.369 e. The minimum atomic E-state index is -4.06. The lowest BCUT2D eigenvalue weighted by Gasteiger charge is -2.37. The average molecular weight is 658 g/mol. The summed E-state index contributed by atoms with van der Waals surface area (Å²) in [4.78, 5) is 21.7.